The second-order valence-electron chi connectivity index (χ2n) is 5.16. The van der Waals surface area contributed by atoms with Crippen molar-refractivity contribution in [1.82, 2.24) is 0 Å². The molecule has 0 bridgehead atoms. The lowest BCUT2D eigenvalue weighted by molar-refractivity contribution is -0.123. The summed E-state index contributed by atoms with van der Waals surface area (Å²) in [6, 6.07) is 15.2. The number of anilines is 1. The Morgan fingerprint density at radius 3 is 2.67 bits per heavy atom. The van der Waals surface area contributed by atoms with E-state index in [4.69, 9.17) is 4.74 Å². The van der Waals surface area contributed by atoms with E-state index in [1.165, 1.54) is 0 Å². The number of rotatable bonds is 3. The van der Waals surface area contributed by atoms with Crippen LogP contribution in [0.1, 0.15) is 5.56 Å². The number of ether oxygens (including phenoxy) is 1. The summed E-state index contributed by atoms with van der Waals surface area (Å²) in [6.45, 7) is -0.133. The van der Waals surface area contributed by atoms with Gasteiger partial charge in [-0.15, -0.1) is 0 Å². The number of carbonyl (C=O) groups is 1. The highest BCUT2D eigenvalue weighted by Crippen LogP contribution is 2.39. The number of fused-ring (bicyclic) bond motifs is 1. The van der Waals surface area contributed by atoms with E-state index in [0.717, 1.165) is 17.0 Å². The molecule has 1 aliphatic rings. The van der Waals surface area contributed by atoms with Gasteiger partial charge in [0.1, 0.15) is 5.75 Å². The molecule has 0 aromatic heterocycles. The third-order valence-electron chi connectivity index (χ3n) is 3.76. The van der Waals surface area contributed by atoms with E-state index in [9.17, 15) is 9.90 Å². The lowest BCUT2D eigenvalue weighted by Gasteiger charge is -2.32. The van der Waals surface area contributed by atoms with E-state index in [2.05, 4.69) is 0 Å². The molecule has 1 unspecified atom stereocenters. The first kappa shape index (κ1) is 13.6. The molecule has 21 heavy (non-hydrogen) atoms. The van der Waals surface area contributed by atoms with Gasteiger partial charge in [0.25, 0.3) is 0 Å². The first-order valence-corrected chi connectivity index (χ1v) is 6.94. The zero-order chi connectivity index (χ0) is 14.8. The average molecular weight is 283 g/mol. The molecule has 4 nitrogen and oxygen atoms in total. The van der Waals surface area contributed by atoms with E-state index in [-0.39, 0.29) is 18.4 Å². The Bertz CT molecular complexity index is 654. The molecule has 0 spiro atoms. The van der Waals surface area contributed by atoms with Gasteiger partial charge in [0, 0.05) is 7.05 Å². The summed E-state index contributed by atoms with van der Waals surface area (Å²) in [6.07, 6.45) is 0.543. The van der Waals surface area contributed by atoms with E-state index in [1.54, 1.807) is 11.9 Å². The molecule has 2 aromatic rings. The van der Waals surface area contributed by atoms with Crippen molar-refractivity contribution in [3.8, 4) is 11.5 Å². The molecule has 1 aliphatic heterocycles. The number of nitrogens with zero attached hydrogens (tertiary/aromatic N) is 1. The second-order valence-corrected chi connectivity index (χ2v) is 5.16. The highest BCUT2D eigenvalue weighted by Gasteiger charge is 2.32. The summed E-state index contributed by atoms with van der Waals surface area (Å²) < 4.78 is 5.91. The van der Waals surface area contributed by atoms with Gasteiger partial charge in [-0.2, -0.15) is 0 Å². The molecule has 3 rings (SSSR count). The topological polar surface area (TPSA) is 49.8 Å². The monoisotopic (exact) mass is 283 g/mol. The number of para-hydroxylation sites is 2. The fraction of sp³-hybridized carbons (Fsp3) is 0.235. The van der Waals surface area contributed by atoms with Crippen molar-refractivity contribution in [3.63, 3.8) is 0 Å². The first-order chi connectivity index (χ1) is 10.2. The first-order valence-electron chi connectivity index (χ1n) is 6.94. The van der Waals surface area contributed by atoms with Crippen molar-refractivity contribution < 1.29 is 14.6 Å². The molecule has 1 atom stereocenters. The van der Waals surface area contributed by atoms with Crippen molar-refractivity contribution in [2.75, 3.05) is 18.6 Å². The number of carbonyl (C=O) groups excluding carboxylic acids is 1. The molecule has 1 amide bonds. The Hall–Kier alpha value is -2.33. The van der Waals surface area contributed by atoms with E-state index >= 15 is 0 Å². The van der Waals surface area contributed by atoms with Gasteiger partial charge >= 0.3 is 0 Å². The third kappa shape index (κ3) is 2.50. The molecular weight excluding hydrogens is 266 g/mol. The predicted molar refractivity (Wildman–Crippen MR) is 80.6 cm³/mol. The summed E-state index contributed by atoms with van der Waals surface area (Å²) in [7, 11) is 1.72. The zero-order valence-corrected chi connectivity index (χ0v) is 11.8. The van der Waals surface area contributed by atoms with Crippen LogP contribution in [0.5, 0.6) is 11.5 Å². The molecule has 1 heterocycles. The minimum Gasteiger partial charge on any atom is -0.455 e. The van der Waals surface area contributed by atoms with Crippen LogP contribution in [0.2, 0.25) is 0 Å². The van der Waals surface area contributed by atoms with Gasteiger partial charge < -0.3 is 14.7 Å². The van der Waals surface area contributed by atoms with Crippen LogP contribution in [0.4, 0.5) is 5.69 Å². The summed E-state index contributed by atoms with van der Waals surface area (Å²) in [5.41, 5.74) is 1.81. The van der Waals surface area contributed by atoms with Gasteiger partial charge in [-0.1, -0.05) is 30.3 Å². The van der Waals surface area contributed by atoms with Gasteiger partial charge in [-0.25, -0.2) is 0 Å². The van der Waals surface area contributed by atoms with E-state index < -0.39 is 0 Å². The minimum atomic E-state index is -0.366. The number of benzene rings is 2. The molecule has 0 saturated heterocycles. The molecule has 0 saturated carbocycles. The zero-order valence-electron chi connectivity index (χ0n) is 11.8. The van der Waals surface area contributed by atoms with Crippen LogP contribution in [-0.4, -0.2) is 24.7 Å². The Morgan fingerprint density at radius 1 is 1.19 bits per heavy atom. The van der Waals surface area contributed by atoms with Crippen LogP contribution in [0.15, 0.2) is 48.5 Å². The van der Waals surface area contributed by atoms with Crippen molar-refractivity contribution in [2.45, 2.75) is 6.42 Å². The van der Waals surface area contributed by atoms with Crippen LogP contribution in [0, 0.1) is 5.92 Å². The Balaban J connectivity index is 2.00. The Labute approximate surface area is 123 Å². The van der Waals surface area contributed by atoms with Gasteiger partial charge in [-0.05, 0) is 30.2 Å². The Morgan fingerprint density at radius 2 is 1.95 bits per heavy atom. The van der Waals surface area contributed by atoms with Crippen LogP contribution in [0.25, 0.3) is 0 Å². The maximum Gasteiger partial charge on any atom is 0.232 e. The molecule has 4 heteroatoms. The highest BCUT2D eigenvalue weighted by molar-refractivity contribution is 5.99. The molecule has 1 N–H and O–H groups in total. The average Bonchev–Trinajstić information content (AvgIpc) is 2.52. The van der Waals surface area contributed by atoms with Gasteiger partial charge in [0.2, 0.25) is 5.91 Å². The Kier molecular flexibility index (Phi) is 3.62. The standard InChI is InChI=1S/C17H17NO3/c1-18-16-12(10-13(11-19)17(18)20)6-5-9-15(16)21-14-7-3-2-4-8-14/h2-9,13,19H,10-11H2,1H3. The van der Waals surface area contributed by atoms with Gasteiger partial charge in [0.05, 0.1) is 18.2 Å². The minimum absolute atomic E-state index is 0.0749. The van der Waals surface area contributed by atoms with E-state index in [1.807, 2.05) is 48.5 Å². The van der Waals surface area contributed by atoms with Crippen molar-refractivity contribution in [2.24, 2.45) is 5.92 Å². The van der Waals surface area contributed by atoms with Crippen molar-refractivity contribution in [3.05, 3.63) is 54.1 Å². The van der Waals surface area contributed by atoms with Crippen molar-refractivity contribution >= 4 is 11.6 Å². The fourth-order valence-corrected chi connectivity index (χ4v) is 2.69. The number of aliphatic hydroxyl groups excluding tert-OH is 1. The fourth-order valence-electron chi connectivity index (χ4n) is 2.69. The number of aliphatic hydroxyl groups is 1. The lowest BCUT2D eigenvalue weighted by atomic mass is 9.92. The second kappa shape index (κ2) is 5.58. The van der Waals surface area contributed by atoms with Gasteiger partial charge in [-0.3, -0.25) is 4.79 Å². The van der Waals surface area contributed by atoms with Crippen LogP contribution >= 0.6 is 0 Å². The summed E-state index contributed by atoms with van der Waals surface area (Å²) in [4.78, 5) is 13.8. The normalized spacial score (nSPS) is 17.5. The lowest BCUT2D eigenvalue weighted by Crippen LogP contribution is -2.40. The maximum atomic E-state index is 12.2. The molecule has 0 aliphatic carbocycles. The summed E-state index contributed by atoms with van der Waals surface area (Å²) in [5.74, 6) is 0.950. The van der Waals surface area contributed by atoms with E-state index in [0.29, 0.717) is 12.2 Å². The molecule has 108 valence electrons. The number of amides is 1. The predicted octanol–water partition coefficient (Wildman–Crippen LogP) is 2.61. The SMILES string of the molecule is CN1C(=O)C(CO)Cc2cccc(Oc3ccccc3)c21. The van der Waals surface area contributed by atoms with Crippen molar-refractivity contribution in [1.29, 1.82) is 0 Å². The largest absolute Gasteiger partial charge is 0.455 e. The van der Waals surface area contributed by atoms with Crippen LogP contribution in [0.3, 0.4) is 0 Å². The molecule has 0 fully saturated rings. The number of hydrogen-bond acceptors (Lipinski definition) is 3. The molecule has 2 aromatic carbocycles. The maximum absolute atomic E-state index is 12.2. The molecular formula is C17H17NO3. The van der Waals surface area contributed by atoms with Crippen LogP contribution < -0.4 is 9.64 Å². The summed E-state index contributed by atoms with van der Waals surface area (Å²) >= 11 is 0. The van der Waals surface area contributed by atoms with Gasteiger partial charge in [0.15, 0.2) is 5.75 Å². The smallest absolute Gasteiger partial charge is 0.232 e. The van der Waals surface area contributed by atoms with Crippen LogP contribution in [-0.2, 0) is 11.2 Å². The quantitative estimate of drug-likeness (QED) is 0.942. The molecule has 0 radical (unpaired) electrons. The number of hydrogen-bond donors (Lipinski definition) is 1. The summed E-state index contributed by atoms with van der Waals surface area (Å²) in [5, 5.41) is 9.33. The third-order valence-corrected chi connectivity index (χ3v) is 3.76. The highest BCUT2D eigenvalue weighted by atomic mass is 16.5.